The molecular weight excluding hydrogens is 374 g/mol. The normalized spacial score (nSPS) is 11.0. The minimum absolute atomic E-state index is 0.115. The van der Waals surface area contributed by atoms with Crippen molar-refractivity contribution in [3.05, 3.63) is 87.6 Å². The van der Waals surface area contributed by atoms with Gasteiger partial charge < -0.3 is 4.74 Å². The number of methoxy groups -OCH3 is 1. The maximum atomic E-state index is 13.5. The molecule has 0 saturated heterocycles. The maximum absolute atomic E-state index is 13.5. The van der Waals surface area contributed by atoms with E-state index in [-0.39, 0.29) is 12.2 Å². The predicted molar refractivity (Wildman–Crippen MR) is 109 cm³/mol. The van der Waals surface area contributed by atoms with E-state index in [9.17, 15) is 13.6 Å². The zero-order valence-corrected chi connectivity index (χ0v) is 16.8. The summed E-state index contributed by atoms with van der Waals surface area (Å²) in [4.78, 5) is 12.8. The first-order chi connectivity index (χ1) is 14.0. The monoisotopic (exact) mass is 400 g/mol. The zero-order chi connectivity index (χ0) is 20.8. The average molecular weight is 400 g/mol. The van der Waals surface area contributed by atoms with Gasteiger partial charge in [0.1, 0.15) is 5.75 Å². The lowest BCUT2D eigenvalue weighted by atomic mass is 10.1. The molecule has 1 heterocycles. The number of hydrogen-bond donors (Lipinski definition) is 0. The largest absolute Gasteiger partial charge is 0.497 e. The van der Waals surface area contributed by atoms with Gasteiger partial charge in [-0.05, 0) is 61.1 Å². The second-order valence-corrected chi connectivity index (χ2v) is 7.13. The molecule has 0 unspecified atom stereocenters. The number of hydrogen-bond acceptors (Lipinski definition) is 2. The summed E-state index contributed by atoms with van der Waals surface area (Å²) < 4.78 is 35.2. The fourth-order valence-electron chi connectivity index (χ4n) is 3.46. The molecule has 0 aliphatic carbocycles. The third kappa shape index (κ3) is 5.13. The molecule has 0 fully saturated rings. The second kappa shape index (κ2) is 9.54. The lowest BCUT2D eigenvalue weighted by Crippen LogP contribution is -2.25. The summed E-state index contributed by atoms with van der Waals surface area (Å²) in [6.45, 7) is 2.89. The highest BCUT2D eigenvalue weighted by molar-refractivity contribution is 5.27. The van der Waals surface area contributed by atoms with Crippen LogP contribution in [0.25, 0.3) is 0 Å². The quantitative estimate of drug-likeness (QED) is 0.528. The molecule has 0 spiro atoms. The van der Waals surface area contributed by atoms with Crippen LogP contribution in [0.4, 0.5) is 8.78 Å². The minimum atomic E-state index is -0.900. The fraction of sp³-hybridized carbons (Fsp3) is 0.348. The number of halogens is 2. The molecule has 1 aromatic heterocycles. The summed E-state index contributed by atoms with van der Waals surface area (Å²) in [5.41, 5.74) is 2.63. The Bertz CT molecular complexity index is 1010. The van der Waals surface area contributed by atoms with Crippen LogP contribution in [-0.2, 0) is 25.9 Å². The van der Waals surface area contributed by atoms with Gasteiger partial charge in [-0.3, -0.25) is 9.13 Å². The molecule has 2 aromatic carbocycles. The number of ether oxygens (including phenoxy) is 1. The molecule has 0 saturated carbocycles. The van der Waals surface area contributed by atoms with Gasteiger partial charge in [-0.15, -0.1) is 0 Å². The van der Waals surface area contributed by atoms with Gasteiger partial charge in [0.15, 0.2) is 11.6 Å². The Hall–Kier alpha value is -2.89. The number of aromatic nitrogens is 2. The number of imidazole rings is 1. The first-order valence-corrected chi connectivity index (χ1v) is 9.87. The second-order valence-electron chi connectivity index (χ2n) is 7.13. The van der Waals surface area contributed by atoms with Crippen LogP contribution in [0, 0.1) is 11.6 Å². The number of benzene rings is 2. The van der Waals surface area contributed by atoms with Gasteiger partial charge in [0.25, 0.3) is 0 Å². The summed E-state index contributed by atoms with van der Waals surface area (Å²) in [5.74, 6) is -0.952. The molecule has 0 atom stereocenters. The zero-order valence-electron chi connectivity index (χ0n) is 16.8. The van der Waals surface area contributed by atoms with Crippen LogP contribution in [0.1, 0.15) is 36.6 Å². The molecule has 0 radical (unpaired) electrons. The van der Waals surface area contributed by atoms with E-state index in [2.05, 4.69) is 0 Å². The predicted octanol–water partition coefficient (Wildman–Crippen LogP) is 4.57. The molecule has 0 N–H and O–H groups in total. The van der Waals surface area contributed by atoms with Crippen molar-refractivity contribution in [1.82, 2.24) is 9.13 Å². The van der Waals surface area contributed by atoms with Crippen molar-refractivity contribution in [2.45, 2.75) is 45.7 Å². The molecule has 154 valence electrons. The van der Waals surface area contributed by atoms with E-state index in [0.717, 1.165) is 49.3 Å². The van der Waals surface area contributed by atoms with Crippen LogP contribution in [0.15, 0.2) is 53.5 Å². The van der Waals surface area contributed by atoms with Gasteiger partial charge in [0.05, 0.1) is 13.7 Å². The topological polar surface area (TPSA) is 36.2 Å². The van der Waals surface area contributed by atoms with Gasteiger partial charge in [0.2, 0.25) is 0 Å². The third-order valence-corrected chi connectivity index (χ3v) is 4.97. The van der Waals surface area contributed by atoms with E-state index < -0.39 is 11.6 Å². The SMILES string of the molecule is CCCn1c(CCCc2ccc(OC)cc2)cn(Cc2ccc(F)c(F)c2)c1=O. The fourth-order valence-corrected chi connectivity index (χ4v) is 3.46. The first kappa shape index (κ1) is 20.8. The molecule has 3 aromatic rings. The van der Waals surface area contributed by atoms with E-state index in [1.165, 1.54) is 11.6 Å². The summed E-state index contributed by atoms with van der Waals surface area (Å²) in [5, 5.41) is 0. The molecular formula is C23H26F2N2O2. The molecule has 3 rings (SSSR count). The van der Waals surface area contributed by atoms with Crippen molar-refractivity contribution < 1.29 is 13.5 Å². The van der Waals surface area contributed by atoms with Crippen molar-refractivity contribution in [2.75, 3.05) is 7.11 Å². The highest BCUT2D eigenvalue weighted by atomic mass is 19.2. The lowest BCUT2D eigenvalue weighted by molar-refractivity contribution is 0.414. The van der Waals surface area contributed by atoms with Crippen molar-refractivity contribution in [2.24, 2.45) is 0 Å². The minimum Gasteiger partial charge on any atom is -0.497 e. The van der Waals surface area contributed by atoms with Gasteiger partial charge >= 0.3 is 5.69 Å². The number of aryl methyl sites for hydroxylation is 2. The van der Waals surface area contributed by atoms with Crippen LogP contribution >= 0.6 is 0 Å². The van der Waals surface area contributed by atoms with Crippen molar-refractivity contribution in [3.8, 4) is 5.75 Å². The summed E-state index contributed by atoms with van der Waals surface area (Å²) in [7, 11) is 1.65. The Morgan fingerprint density at radius 1 is 0.966 bits per heavy atom. The van der Waals surface area contributed by atoms with E-state index in [4.69, 9.17) is 4.74 Å². The standard InChI is InChI=1S/C23H26F2N2O2/c1-3-13-27-19(6-4-5-17-7-10-20(29-2)11-8-17)16-26(23(27)28)15-18-9-12-21(24)22(25)14-18/h7-12,14,16H,3-6,13,15H2,1-2H3. The van der Waals surface area contributed by atoms with E-state index in [1.54, 1.807) is 16.2 Å². The summed E-state index contributed by atoms with van der Waals surface area (Å²) in [6, 6.07) is 11.7. The van der Waals surface area contributed by atoms with Gasteiger partial charge in [-0.2, -0.15) is 0 Å². The van der Waals surface area contributed by atoms with E-state index in [1.807, 2.05) is 37.4 Å². The molecule has 6 heteroatoms. The molecule has 0 aliphatic rings. The highest BCUT2D eigenvalue weighted by Crippen LogP contribution is 2.15. The van der Waals surface area contributed by atoms with Crippen LogP contribution in [0.3, 0.4) is 0 Å². The number of nitrogens with zero attached hydrogens (tertiary/aromatic N) is 2. The van der Waals surface area contributed by atoms with Crippen molar-refractivity contribution >= 4 is 0 Å². The van der Waals surface area contributed by atoms with Gasteiger partial charge in [0, 0.05) is 18.4 Å². The molecule has 0 aliphatic heterocycles. The van der Waals surface area contributed by atoms with Crippen LogP contribution in [-0.4, -0.2) is 16.2 Å². The Morgan fingerprint density at radius 2 is 1.69 bits per heavy atom. The van der Waals surface area contributed by atoms with Gasteiger partial charge in [-0.1, -0.05) is 25.1 Å². The van der Waals surface area contributed by atoms with Gasteiger partial charge in [-0.25, -0.2) is 13.6 Å². The van der Waals surface area contributed by atoms with Crippen molar-refractivity contribution in [1.29, 1.82) is 0 Å². The van der Waals surface area contributed by atoms with Crippen LogP contribution in [0.2, 0.25) is 0 Å². The van der Waals surface area contributed by atoms with Crippen LogP contribution < -0.4 is 10.4 Å². The smallest absolute Gasteiger partial charge is 0.328 e. The first-order valence-electron chi connectivity index (χ1n) is 9.87. The molecule has 29 heavy (non-hydrogen) atoms. The van der Waals surface area contributed by atoms with E-state index >= 15 is 0 Å². The summed E-state index contributed by atoms with van der Waals surface area (Å²) >= 11 is 0. The van der Waals surface area contributed by atoms with E-state index in [0.29, 0.717) is 12.1 Å². The van der Waals surface area contributed by atoms with Crippen LogP contribution in [0.5, 0.6) is 5.75 Å². The Balaban J connectivity index is 1.72. The molecule has 4 nitrogen and oxygen atoms in total. The summed E-state index contributed by atoms with van der Waals surface area (Å²) in [6.07, 6.45) is 5.27. The average Bonchev–Trinajstić information content (AvgIpc) is 3.01. The Morgan fingerprint density at radius 3 is 2.34 bits per heavy atom. The maximum Gasteiger partial charge on any atom is 0.328 e. The number of rotatable bonds is 9. The Labute approximate surface area is 169 Å². The Kier molecular flexibility index (Phi) is 6.86. The van der Waals surface area contributed by atoms with Crippen molar-refractivity contribution in [3.63, 3.8) is 0 Å². The highest BCUT2D eigenvalue weighted by Gasteiger charge is 2.12. The third-order valence-electron chi connectivity index (χ3n) is 4.97. The molecule has 0 amide bonds. The molecule has 0 bridgehead atoms. The lowest BCUT2D eigenvalue weighted by Gasteiger charge is -2.06.